The quantitative estimate of drug-likeness (QED) is 0.885. The third-order valence-corrected chi connectivity index (χ3v) is 5.90. The Hall–Kier alpha value is -2.53. The molecule has 1 amide bonds. The molecule has 2 heterocycles. The van der Waals surface area contributed by atoms with E-state index in [1.165, 1.54) is 5.56 Å². The lowest BCUT2D eigenvalue weighted by molar-refractivity contribution is 0.0301. The molecule has 0 spiro atoms. The number of likely N-dealkylation sites (tertiary alicyclic amines) is 1. The molecule has 0 bridgehead atoms. The van der Waals surface area contributed by atoms with Gasteiger partial charge in [-0.2, -0.15) is 0 Å². The molecule has 5 heteroatoms. The first-order valence-corrected chi connectivity index (χ1v) is 10.1. The van der Waals surface area contributed by atoms with Crippen LogP contribution in [0.25, 0.3) is 0 Å². The van der Waals surface area contributed by atoms with E-state index in [4.69, 9.17) is 9.47 Å². The zero-order chi connectivity index (χ0) is 19.5. The molecule has 4 rings (SSSR count). The highest BCUT2D eigenvalue weighted by Gasteiger charge is 2.36. The summed E-state index contributed by atoms with van der Waals surface area (Å²) in [6, 6.07) is 15.9. The lowest BCUT2D eigenvalue weighted by Gasteiger charge is -2.40. The molecule has 1 N–H and O–H groups in total. The van der Waals surface area contributed by atoms with Crippen LogP contribution in [0.5, 0.6) is 11.5 Å². The van der Waals surface area contributed by atoms with Crippen LogP contribution >= 0.6 is 0 Å². The molecule has 1 fully saturated rings. The summed E-state index contributed by atoms with van der Waals surface area (Å²) in [6.07, 6.45) is 1.90. The van der Waals surface area contributed by atoms with E-state index < -0.39 is 0 Å². The van der Waals surface area contributed by atoms with Crippen LogP contribution in [-0.4, -0.2) is 49.7 Å². The largest absolute Gasteiger partial charge is 0.486 e. The maximum absolute atomic E-state index is 12.8. The number of hydrogen-bond donors (Lipinski definition) is 1. The SMILES string of the molecule is CNC(C1CCN(C(=O)c2ccc(C)cc2)CC1)C1COc2ccccc2O1. The van der Waals surface area contributed by atoms with Crippen LogP contribution in [0.2, 0.25) is 0 Å². The number of ether oxygens (including phenoxy) is 2. The van der Waals surface area contributed by atoms with Gasteiger partial charge in [0.25, 0.3) is 5.91 Å². The second-order valence-corrected chi connectivity index (χ2v) is 7.72. The van der Waals surface area contributed by atoms with E-state index in [0.717, 1.165) is 43.0 Å². The number of rotatable bonds is 4. The highest BCUT2D eigenvalue weighted by atomic mass is 16.6. The number of piperidine rings is 1. The van der Waals surface area contributed by atoms with Crippen molar-refractivity contribution in [3.63, 3.8) is 0 Å². The standard InChI is InChI=1S/C23H28N2O3/c1-16-7-9-18(10-8-16)23(26)25-13-11-17(12-14-25)22(24-2)21-15-27-19-5-3-4-6-20(19)28-21/h3-10,17,21-22,24H,11-15H2,1-2H3. The van der Waals surface area contributed by atoms with Gasteiger partial charge in [-0.15, -0.1) is 0 Å². The third kappa shape index (κ3) is 3.85. The molecular weight excluding hydrogens is 352 g/mol. The molecule has 2 aromatic carbocycles. The minimum absolute atomic E-state index is 0.0238. The number of amides is 1. The van der Waals surface area contributed by atoms with E-state index >= 15 is 0 Å². The topological polar surface area (TPSA) is 50.8 Å². The van der Waals surface area contributed by atoms with Crippen LogP contribution in [0, 0.1) is 12.8 Å². The number of likely N-dealkylation sites (N-methyl/N-ethyl adjacent to an activating group) is 1. The van der Waals surface area contributed by atoms with Crippen molar-refractivity contribution in [3.8, 4) is 11.5 Å². The first kappa shape index (κ1) is 18.8. The molecule has 0 aromatic heterocycles. The summed E-state index contributed by atoms with van der Waals surface area (Å²) in [5.41, 5.74) is 1.94. The maximum Gasteiger partial charge on any atom is 0.253 e. The Balaban J connectivity index is 1.37. The summed E-state index contributed by atoms with van der Waals surface area (Å²) in [5.74, 6) is 2.20. The van der Waals surface area contributed by atoms with Gasteiger partial charge in [0.1, 0.15) is 12.7 Å². The van der Waals surface area contributed by atoms with Crippen LogP contribution in [0.15, 0.2) is 48.5 Å². The summed E-state index contributed by atoms with van der Waals surface area (Å²) in [5, 5.41) is 3.45. The van der Waals surface area contributed by atoms with Crippen LogP contribution < -0.4 is 14.8 Å². The predicted octanol–water partition coefficient (Wildman–Crippen LogP) is 3.28. The number of fused-ring (bicyclic) bond motifs is 1. The second kappa shape index (κ2) is 8.23. The number of carbonyl (C=O) groups excluding carboxylic acids is 1. The number of carbonyl (C=O) groups is 1. The number of benzene rings is 2. The number of para-hydroxylation sites is 2. The van der Waals surface area contributed by atoms with E-state index in [2.05, 4.69) is 5.32 Å². The normalized spacial score (nSPS) is 20.6. The predicted molar refractivity (Wildman–Crippen MR) is 109 cm³/mol. The van der Waals surface area contributed by atoms with E-state index in [-0.39, 0.29) is 18.1 Å². The molecule has 28 heavy (non-hydrogen) atoms. The fourth-order valence-electron chi connectivity index (χ4n) is 4.28. The number of nitrogens with one attached hydrogen (secondary N) is 1. The van der Waals surface area contributed by atoms with Crippen molar-refractivity contribution >= 4 is 5.91 Å². The average molecular weight is 380 g/mol. The Morgan fingerprint density at radius 3 is 2.43 bits per heavy atom. The Labute approximate surface area is 166 Å². The highest BCUT2D eigenvalue weighted by molar-refractivity contribution is 5.94. The van der Waals surface area contributed by atoms with E-state index in [1.54, 1.807) is 0 Å². The minimum atomic E-state index is -0.0238. The van der Waals surface area contributed by atoms with E-state index in [9.17, 15) is 4.79 Å². The van der Waals surface area contributed by atoms with Crippen molar-refractivity contribution in [2.45, 2.75) is 31.9 Å². The van der Waals surface area contributed by atoms with Gasteiger partial charge in [0.05, 0.1) is 6.04 Å². The minimum Gasteiger partial charge on any atom is -0.486 e. The van der Waals surface area contributed by atoms with Gasteiger partial charge in [-0.1, -0.05) is 29.8 Å². The summed E-state index contributed by atoms with van der Waals surface area (Å²) < 4.78 is 12.1. The van der Waals surface area contributed by atoms with Crippen LogP contribution in [-0.2, 0) is 0 Å². The molecule has 1 saturated heterocycles. The zero-order valence-electron chi connectivity index (χ0n) is 16.6. The molecule has 2 aromatic rings. The van der Waals surface area contributed by atoms with Crippen LogP contribution in [0.3, 0.4) is 0 Å². The van der Waals surface area contributed by atoms with Gasteiger partial charge in [0, 0.05) is 18.7 Å². The van der Waals surface area contributed by atoms with Gasteiger partial charge < -0.3 is 19.7 Å². The lowest BCUT2D eigenvalue weighted by atomic mass is 9.86. The Morgan fingerprint density at radius 2 is 1.75 bits per heavy atom. The number of nitrogens with zero attached hydrogens (tertiary/aromatic N) is 1. The van der Waals surface area contributed by atoms with Crippen molar-refractivity contribution < 1.29 is 14.3 Å². The number of aryl methyl sites for hydroxylation is 1. The molecule has 2 atom stereocenters. The lowest BCUT2D eigenvalue weighted by Crippen LogP contribution is -2.53. The van der Waals surface area contributed by atoms with Gasteiger partial charge in [0.2, 0.25) is 0 Å². The molecule has 0 aliphatic carbocycles. The van der Waals surface area contributed by atoms with Crippen molar-refractivity contribution in [2.24, 2.45) is 5.92 Å². The van der Waals surface area contributed by atoms with Crippen LogP contribution in [0.4, 0.5) is 0 Å². The molecule has 148 valence electrons. The Kier molecular flexibility index (Phi) is 5.53. The smallest absolute Gasteiger partial charge is 0.253 e. The molecule has 2 unspecified atom stereocenters. The first-order chi connectivity index (χ1) is 13.7. The van der Waals surface area contributed by atoms with Gasteiger partial charge >= 0.3 is 0 Å². The fraction of sp³-hybridized carbons (Fsp3) is 0.435. The molecule has 0 radical (unpaired) electrons. The Bertz CT molecular complexity index is 813. The monoisotopic (exact) mass is 380 g/mol. The second-order valence-electron chi connectivity index (χ2n) is 7.72. The summed E-state index contributed by atoms with van der Waals surface area (Å²) in [4.78, 5) is 14.7. The van der Waals surface area contributed by atoms with Gasteiger partial charge in [0.15, 0.2) is 11.5 Å². The summed E-state index contributed by atoms with van der Waals surface area (Å²) >= 11 is 0. The molecule has 0 saturated carbocycles. The molecule has 2 aliphatic rings. The van der Waals surface area contributed by atoms with E-state index in [1.807, 2.05) is 67.4 Å². The number of hydrogen-bond acceptors (Lipinski definition) is 4. The van der Waals surface area contributed by atoms with Crippen molar-refractivity contribution in [1.29, 1.82) is 0 Å². The Morgan fingerprint density at radius 1 is 1.07 bits per heavy atom. The van der Waals surface area contributed by atoms with Crippen molar-refractivity contribution in [1.82, 2.24) is 10.2 Å². The third-order valence-electron chi connectivity index (χ3n) is 5.90. The van der Waals surface area contributed by atoms with Crippen molar-refractivity contribution in [3.05, 3.63) is 59.7 Å². The van der Waals surface area contributed by atoms with Gasteiger partial charge in [-0.3, -0.25) is 4.79 Å². The van der Waals surface area contributed by atoms with E-state index in [0.29, 0.717) is 12.5 Å². The van der Waals surface area contributed by atoms with Gasteiger partial charge in [-0.25, -0.2) is 0 Å². The van der Waals surface area contributed by atoms with Crippen molar-refractivity contribution in [2.75, 3.05) is 26.7 Å². The molecule has 2 aliphatic heterocycles. The first-order valence-electron chi connectivity index (χ1n) is 10.1. The molecule has 5 nitrogen and oxygen atoms in total. The fourth-order valence-corrected chi connectivity index (χ4v) is 4.28. The summed E-state index contributed by atoms with van der Waals surface area (Å²) in [6.45, 7) is 4.14. The van der Waals surface area contributed by atoms with Gasteiger partial charge in [-0.05, 0) is 57.0 Å². The van der Waals surface area contributed by atoms with Crippen LogP contribution in [0.1, 0.15) is 28.8 Å². The summed E-state index contributed by atoms with van der Waals surface area (Å²) in [7, 11) is 1.98. The highest BCUT2D eigenvalue weighted by Crippen LogP contribution is 2.34. The average Bonchev–Trinajstić information content (AvgIpc) is 2.75. The maximum atomic E-state index is 12.8. The molecular formula is C23H28N2O3. The zero-order valence-corrected chi connectivity index (χ0v) is 16.6.